The van der Waals surface area contributed by atoms with E-state index in [1.807, 2.05) is 13.0 Å². The highest BCUT2D eigenvalue weighted by molar-refractivity contribution is 5.59. The molecule has 0 amide bonds. The minimum absolute atomic E-state index is 0.335. The Morgan fingerprint density at radius 3 is 3.00 bits per heavy atom. The summed E-state index contributed by atoms with van der Waals surface area (Å²) < 4.78 is 4.89. The Morgan fingerprint density at radius 1 is 1.62 bits per heavy atom. The summed E-state index contributed by atoms with van der Waals surface area (Å²) in [5, 5.41) is 11.1. The molecule has 0 aliphatic rings. The third-order valence-electron chi connectivity index (χ3n) is 1.45. The Hall–Kier alpha value is -1.65. The number of oxime groups is 1. The summed E-state index contributed by atoms with van der Waals surface area (Å²) in [6.45, 7) is 1.85. The second-order valence-corrected chi connectivity index (χ2v) is 2.49. The largest absolute Gasteiger partial charge is 0.467 e. The minimum Gasteiger partial charge on any atom is -0.467 e. The molecule has 5 nitrogen and oxygen atoms in total. The van der Waals surface area contributed by atoms with Crippen molar-refractivity contribution in [2.24, 2.45) is 5.16 Å². The van der Waals surface area contributed by atoms with Gasteiger partial charge in [-0.15, -0.1) is 5.16 Å². The molecule has 5 heteroatoms. The minimum atomic E-state index is 0.335. The summed E-state index contributed by atoms with van der Waals surface area (Å²) in [5.41, 5.74) is 1.59. The Balaban J connectivity index is 2.87. The molecule has 0 aromatic carbocycles. The van der Waals surface area contributed by atoms with Gasteiger partial charge in [0.15, 0.2) is 0 Å². The highest BCUT2D eigenvalue weighted by atomic mass is 16.5. The maximum absolute atomic E-state index is 8.22. The van der Waals surface area contributed by atoms with Crippen molar-refractivity contribution in [3.05, 3.63) is 17.5 Å². The molecule has 0 aliphatic carbocycles. The molecule has 0 radical (unpaired) electrons. The number of aryl methyl sites for hydroxylation is 1. The monoisotopic (exact) mass is 181 g/mol. The molecule has 0 unspecified atom stereocenters. The molecule has 0 bridgehead atoms. The van der Waals surface area contributed by atoms with E-state index in [-0.39, 0.29) is 0 Å². The van der Waals surface area contributed by atoms with Crippen LogP contribution in [0.2, 0.25) is 0 Å². The van der Waals surface area contributed by atoms with Gasteiger partial charge >= 0.3 is 6.01 Å². The van der Waals surface area contributed by atoms with E-state index in [1.165, 1.54) is 13.3 Å². The first-order valence-corrected chi connectivity index (χ1v) is 3.80. The third-order valence-corrected chi connectivity index (χ3v) is 1.45. The van der Waals surface area contributed by atoms with Gasteiger partial charge in [0, 0.05) is 18.3 Å². The van der Waals surface area contributed by atoms with Crippen LogP contribution in [0.1, 0.15) is 11.4 Å². The van der Waals surface area contributed by atoms with E-state index in [2.05, 4.69) is 15.1 Å². The normalized spacial score (nSPS) is 10.6. The van der Waals surface area contributed by atoms with Crippen LogP contribution < -0.4 is 4.74 Å². The zero-order valence-electron chi connectivity index (χ0n) is 7.56. The standard InChI is InChI=1S/C8H11N3O2/c1-6-5-7(3-4-9-12)11-8(10-6)13-2/h4-5,12H,3H2,1-2H3/b9-4+. The smallest absolute Gasteiger partial charge is 0.316 e. The van der Waals surface area contributed by atoms with Crippen molar-refractivity contribution in [1.29, 1.82) is 0 Å². The summed E-state index contributed by atoms with van der Waals surface area (Å²) in [6.07, 6.45) is 1.83. The van der Waals surface area contributed by atoms with E-state index in [0.29, 0.717) is 12.4 Å². The molecule has 0 fully saturated rings. The van der Waals surface area contributed by atoms with E-state index in [0.717, 1.165) is 11.4 Å². The molecule has 70 valence electrons. The Kier molecular flexibility index (Phi) is 3.19. The van der Waals surface area contributed by atoms with Crippen molar-refractivity contribution in [2.75, 3.05) is 7.11 Å². The van der Waals surface area contributed by atoms with Crippen molar-refractivity contribution in [3.8, 4) is 6.01 Å². The first kappa shape index (κ1) is 9.44. The number of rotatable bonds is 3. The zero-order chi connectivity index (χ0) is 9.68. The van der Waals surface area contributed by atoms with Crippen molar-refractivity contribution in [1.82, 2.24) is 9.97 Å². The molecule has 0 saturated heterocycles. The lowest BCUT2D eigenvalue weighted by molar-refractivity contribution is 0.320. The van der Waals surface area contributed by atoms with Crippen LogP contribution in [0.5, 0.6) is 6.01 Å². The van der Waals surface area contributed by atoms with Gasteiger partial charge in [0.2, 0.25) is 0 Å². The van der Waals surface area contributed by atoms with Crippen molar-refractivity contribution in [3.63, 3.8) is 0 Å². The summed E-state index contributed by atoms with van der Waals surface area (Å²) in [7, 11) is 1.51. The van der Waals surface area contributed by atoms with Gasteiger partial charge in [0.1, 0.15) is 0 Å². The van der Waals surface area contributed by atoms with Gasteiger partial charge in [-0.2, -0.15) is 4.98 Å². The first-order valence-electron chi connectivity index (χ1n) is 3.80. The molecule has 1 N–H and O–H groups in total. The predicted octanol–water partition coefficient (Wildman–Crippen LogP) is 0.796. The predicted molar refractivity (Wildman–Crippen MR) is 47.3 cm³/mol. The maximum atomic E-state index is 8.22. The maximum Gasteiger partial charge on any atom is 0.316 e. The van der Waals surface area contributed by atoms with Crippen LogP contribution in [0.15, 0.2) is 11.2 Å². The van der Waals surface area contributed by atoms with Gasteiger partial charge in [-0.05, 0) is 13.0 Å². The number of ether oxygens (including phenoxy) is 1. The van der Waals surface area contributed by atoms with Crippen LogP contribution in [-0.2, 0) is 6.42 Å². The molecule has 0 atom stereocenters. The lowest BCUT2D eigenvalue weighted by Crippen LogP contribution is -1.99. The SMILES string of the molecule is COc1nc(C)cc(C/C=N/O)n1. The average Bonchev–Trinajstić information content (AvgIpc) is 2.14. The summed E-state index contributed by atoms with van der Waals surface area (Å²) in [6, 6.07) is 2.14. The van der Waals surface area contributed by atoms with Gasteiger partial charge in [-0.25, -0.2) is 4.98 Å². The number of methoxy groups -OCH3 is 1. The fourth-order valence-corrected chi connectivity index (χ4v) is 0.935. The van der Waals surface area contributed by atoms with E-state index in [1.54, 1.807) is 0 Å². The van der Waals surface area contributed by atoms with Gasteiger partial charge in [-0.3, -0.25) is 0 Å². The van der Waals surface area contributed by atoms with Gasteiger partial charge in [0.05, 0.1) is 12.8 Å². The van der Waals surface area contributed by atoms with Crippen molar-refractivity contribution < 1.29 is 9.94 Å². The molecule has 13 heavy (non-hydrogen) atoms. The molecule has 1 aromatic heterocycles. The Labute approximate surface area is 76.1 Å². The quantitative estimate of drug-likeness (QED) is 0.425. The number of nitrogens with zero attached hydrogens (tertiary/aromatic N) is 3. The molecule has 1 heterocycles. The molecule has 1 aromatic rings. The second kappa shape index (κ2) is 4.39. The second-order valence-electron chi connectivity index (χ2n) is 2.49. The van der Waals surface area contributed by atoms with E-state index in [9.17, 15) is 0 Å². The van der Waals surface area contributed by atoms with E-state index >= 15 is 0 Å². The Morgan fingerprint density at radius 2 is 2.38 bits per heavy atom. The van der Waals surface area contributed by atoms with Crippen LogP contribution in [0.25, 0.3) is 0 Å². The van der Waals surface area contributed by atoms with Crippen LogP contribution >= 0.6 is 0 Å². The van der Waals surface area contributed by atoms with Crippen LogP contribution in [0, 0.1) is 6.92 Å². The molecule has 1 rings (SSSR count). The summed E-state index contributed by atoms with van der Waals surface area (Å²) >= 11 is 0. The third kappa shape index (κ3) is 2.70. The van der Waals surface area contributed by atoms with E-state index in [4.69, 9.17) is 9.94 Å². The fourth-order valence-electron chi connectivity index (χ4n) is 0.935. The zero-order valence-corrected chi connectivity index (χ0v) is 7.56. The lowest BCUT2D eigenvalue weighted by Gasteiger charge is -2.01. The number of hydrogen-bond acceptors (Lipinski definition) is 5. The molecular weight excluding hydrogens is 170 g/mol. The first-order chi connectivity index (χ1) is 6.26. The molecular formula is C8H11N3O2. The average molecular weight is 181 g/mol. The number of aromatic nitrogens is 2. The molecule has 0 saturated carbocycles. The Bertz CT molecular complexity index is 312. The van der Waals surface area contributed by atoms with Crippen LogP contribution in [0.4, 0.5) is 0 Å². The number of hydrogen-bond donors (Lipinski definition) is 1. The van der Waals surface area contributed by atoms with Crippen molar-refractivity contribution >= 4 is 6.21 Å². The van der Waals surface area contributed by atoms with Crippen LogP contribution in [0.3, 0.4) is 0 Å². The van der Waals surface area contributed by atoms with E-state index < -0.39 is 0 Å². The topological polar surface area (TPSA) is 67.6 Å². The van der Waals surface area contributed by atoms with Gasteiger partial charge < -0.3 is 9.94 Å². The summed E-state index contributed by atoms with van der Waals surface area (Å²) in [5.74, 6) is 0. The van der Waals surface area contributed by atoms with Crippen molar-refractivity contribution in [2.45, 2.75) is 13.3 Å². The van der Waals surface area contributed by atoms with Gasteiger partial charge in [-0.1, -0.05) is 0 Å². The molecule has 0 spiro atoms. The fraction of sp³-hybridized carbons (Fsp3) is 0.375. The lowest BCUT2D eigenvalue weighted by atomic mass is 10.3. The highest BCUT2D eigenvalue weighted by Gasteiger charge is 2.00. The highest BCUT2D eigenvalue weighted by Crippen LogP contribution is 2.05. The van der Waals surface area contributed by atoms with Gasteiger partial charge in [0.25, 0.3) is 0 Å². The molecule has 0 aliphatic heterocycles. The van der Waals surface area contributed by atoms with Crippen LogP contribution in [-0.4, -0.2) is 28.5 Å². The summed E-state index contributed by atoms with van der Waals surface area (Å²) in [4.78, 5) is 8.07.